The Morgan fingerprint density at radius 1 is 1.14 bits per heavy atom. The highest BCUT2D eigenvalue weighted by atomic mass is 127. The first kappa shape index (κ1) is 15.3. The topological polar surface area (TPSA) is 9.23 Å². The summed E-state index contributed by atoms with van der Waals surface area (Å²) in [6.07, 6.45) is 3.69. The van der Waals surface area contributed by atoms with Gasteiger partial charge in [0.2, 0.25) is 0 Å². The van der Waals surface area contributed by atoms with Crippen molar-refractivity contribution in [1.82, 2.24) is 0 Å². The number of fused-ring (bicyclic) bond motifs is 1. The fourth-order valence-electron chi connectivity index (χ4n) is 2.98. The summed E-state index contributed by atoms with van der Waals surface area (Å²) in [5.74, 6) is 0. The summed E-state index contributed by atoms with van der Waals surface area (Å²) < 4.78 is 7.34. The molecule has 0 spiro atoms. The molecule has 0 bridgehead atoms. The zero-order valence-corrected chi connectivity index (χ0v) is 14.7. The maximum atomic E-state index is 6.44. The highest BCUT2D eigenvalue weighted by Crippen LogP contribution is 2.38. The minimum atomic E-state index is 0.0513. The minimum absolute atomic E-state index is 0.0513. The van der Waals surface area contributed by atoms with Crippen molar-refractivity contribution >= 4 is 34.2 Å². The third kappa shape index (κ3) is 3.43. The highest BCUT2D eigenvalue weighted by molar-refractivity contribution is 14.1. The first-order chi connectivity index (χ1) is 10.3. The van der Waals surface area contributed by atoms with Gasteiger partial charge in [-0.15, -0.1) is 0 Å². The SMILES string of the molecule is Clc1ccccc1C(CI)OC1CCCc2ccccc21. The number of hydrogen-bond donors (Lipinski definition) is 0. The van der Waals surface area contributed by atoms with Crippen LogP contribution >= 0.6 is 34.2 Å². The van der Waals surface area contributed by atoms with Gasteiger partial charge >= 0.3 is 0 Å². The van der Waals surface area contributed by atoms with Crippen molar-refractivity contribution in [3.8, 4) is 0 Å². The van der Waals surface area contributed by atoms with E-state index in [1.807, 2.05) is 18.2 Å². The Balaban J connectivity index is 1.84. The van der Waals surface area contributed by atoms with Crippen molar-refractivity contribution in [1.29, 1.82) is 0 Å². The van der Waals surface area contributed by atoms with E-state index in [9.17, 15) is 0 Å². The van der Waals surface area contributed by atoms with Crippen LogP contribution in [-0.2, 0) is 11.2 Å². The second-order valence-corrected chi connectivity index (χ2v) is 6.67. The number of benzene rings is 2. The molecular formula is C18H18ClIO. The molecule has 21 heavy (non-hydrogen) atoms. The molecule has 2 atom stereocenters. The quantitative estimate of drug-likeness (QED) is 0.448. The molecule has 1 aliphatic rings. The predicted octanol–water partition coefficient (Wildman–Crippen LogP) is 5.91. The predicted molar refractivity (Wildman–Crippen MR) is 96.3 cm³/mol. The Hall–Kier alpha value is -0.580. The van der Waals surface area contributed by atoms with Gasteiger partial charge in [0, 0.05) is 15.0 Å². The van der Waals surface area contributed by atoms with E-state index in [0.717, 1.165) is 27.9 Å². The molecule has 0 aliphatic heterocycles. The van der Waals surface area contributed by atoms with E-state index in [0.29, 0.717) is 0 Å². The molecule has 1 nitrogen and oxygen atoms in total. The molecule has 0 heterocycles. The number of alkyl halides is 1. The highest BCUT2D eigenvalue weighted by Gasteiger charge is 2.25. The van der Waals surface area contributed by atoms with Gasteiger partial charge in [-0.1, -0.05) is 76.7 Å². The molecule has 0 saturated heterocycles. The van der Waals surface area contributed by atoms with Gasteiger partial charge in [-0.05, 0) is 36.5 Å². The monoisotopic (exact) mass is 412 g/mol. The van der Waals surface area contributed by atoms with Crippen LogP contribution in [0.15, 0.2) is 48.5 Å². The van der Waals surface area contributed by atoms with E-state index in [4.69, 9.17) is 16.3 Å². The lowest BCUT2D eigenvalue weighted by atomic mass is 9.89. The molecule has 2 aromatic rings. The summed E-state index contributed by atoms with van der Waals surface area (Å²) in [5, 5.41) is 0.795. The number of aryl methyl sites for hydroxylation is 1. The summed E-state index contributed by atoms with van der Waals surface area (Å²) >= 11 is 8.71. The second-order valence-electron chi connectivity index (χ2n) is 5.38. The maximum Gasteiger partial charge on any atom is 0.0936 e. The molecule has 2 aromatic carbocycles. The molecule has 0 N–H and O–H groups in total. The van der Waals surface area contributed by atoms with E-state index in [2.05, 4.69) is 52.9 Å². The molecular weight excluding hydrogens is 395 g/mol. The van der Waals surface area contributed by atoms with Gasteiger partial charge in [0.25, 0.3) is 0 Å². The molecule has 0 fully saturated rings. The molecule has 0 aromatic heterocycles. The third-order valence-electron chi connectivity index (χ3n) is 4.04. The summed E-state index contributed by atoms with van der Waals surface area (Å²) in [7, 11) is 0. The maximum absolute atomic E-state index is 6.44. The van der Waals surface area contributed by atoms with Crippen LogP contribution in [0.4, 0.5) is 0 Å². The third-order valence-corrected chi connectivity index (χ3v) is 5.18. The van der Waals surface area contributed by atoms with Crippen LogP contribution in [0.25, 0.3) is 0 Å². The summed E-state index contributed by atoms with van der Waals surface area (Å²) in [4.78, 5) is 0. The second kappa shape index (κ2) is 7.12. The molecule has 3 heteroatoms. The van der Waals surface area contributed by atoms with Gasteiger partial charge in [-0.3, -0.25) is 0 Å². The smallest absolute Gasteiger partial charge is 0.0936 e. The summed E-state index contributed by atoms with van der Waals surface area (Å²) in [6, 6.07) is 16.6. The van der Waals surface area contributed by atoms with E-state index in [1.165, 1.54) is 17.5 Å². The lowest BCUT2D eigenvalue weighted by Gasteiger charge is -2.29. The fourth-order valence-corrected chi connectivity index (χ4v) is 3.92. The van der Waals surface area contributed by atoms with Crippen LogP contribution < -0.4 is 0 Å². The molecule has 0 radical (unpaired) electrons. The Kier molecular flexibility index (Phi) is 5.19. The molecule has 3 rings (SSSR count). The standard InChI is InChI=1S/C18H18ClIO/c19-16-10-4-3-9-15(16)18(12-20)21-17-11-5-7-13-6-1-2-8-14(13)17/h1-4,6,8-10,17-18H,5,7,11-12H2. The van der Waals surface area contributed by atoms with Crippen molar-refractivity contribution in [2.24, 2.45) is 0 Å². The van der Waals surface area contributed by atoms with Gasteiger partial charge in [0.1, 0.15) is 0 Å². The Morgan fingerprint density at radius 3 is 2.71 bits per heavy atom. The number of rotatable bonds is 4. The van der Waals surface area contributed by atoms with Crippen LogP contribution in [-0.4, -0.2) is 4.43 Å². The first-order valence-electron chi connectivity index (χ1n) is 7.33. The minimum Gasteiger partial charge on any atom is -0.365 e. The number of halogens is 2. The van der Waals surface area contributed by atoms with Crippen molar-refractivity contribution < 1.29 is 4.74 Å². The lowest BCUT2D eigenvalue weighted by molar-refractivity contribution is -0.0100. The van der Waals surface area contributed by atoms with E-state index in [-0.39, 0.29) is 12.2 Å². The zero-order chi connectivity index (χ0) is 14.7. The number of ether oxygens (including phenoxy) is 1. The van der Waals surface area contributed by atoms with Crippen molar-refractivity contribution in [3.63, 3.8) is 0 Å². The normalized spacial score (nSPS) is 19.0. The summed E-state index contributed by atoms with van der Waals surface area (Å²) in [5.41, 5.74) is 3.88. The van der Waals surface area contributed by atoms with Crippen LogP contribution in [0.1, 0.15) is 41.7 Å². The average molecular weight is 413 g/mol. The van der Waals surface area contributed by atoms with E-state index in [1.54, 1.807) is 0 Å². The lowest BCUT2D eigenvalue weighted by Crippen LogP contribution is -2.17. The van der Waals surface area contributed by atoms with E-state index >= 15 is 0 Å². The Morgan fingerprint density at radius 2 is 1.90 bits per heavy atom. The van der Waals surface area contributed by atoms with Gasteiger partial charge < -0.3 is 4.74 Å². The van der Waals surface area contributed by atoms with Crippen LogP contribution in [0.3, 0.4) is 0 Å². The van der Waals surface area contributed by atoms with Gasteiger partial charge in [-0.25, -0.2) is 0 Å². The van der Waals surface area contributed by atoms with Crippen molar-refractivity contribution in [3.05, 3.63) is 70.2 Å². The zero-order valence-electron chi connectivity index (χ0n) is 11.8. The molecule has 1 aliphatic carbocycles. The Bertz CT molecular complexity index is 614. The van der Waals surface area contributed by atoms with Crippen molar-refractivity contribution in [2.75, 3.05) is 4.43 Å². The molecule has 0 amide bonds. The summed E-state index contributed by atoms with van der Waals surface area (Å²) in [6.45, 7) is 0. The fraction of sp³-hybridized carbons (Fsp3) is 0.333. The van der Waals surface area contributed by atoms with Crippen LogP contribution in [0, 0.1) is 0 Å². The molecule has 0 saturated carbocycles. The first-order valence-corrected chi connectivity index (χ1v) is 9.23. The van der Waals surface area contributed by atoms with Crippen molar-refractivity contribution in [2.45, 2.75) is 31.5 Å². The molecule has 110 valence electrons. The number of hydrogen-bond acceptors (Lipinski definition) is 1. The molecule has 2 unspecified atom stereocenters. The van der Waals surface area contributed by atoms with Crippen LogP contribution in [0.5, 0.6) is 0 Å². The van der Waals surface area contributed by atoms with Gasteiger partial charge in [0.05, 0.1) is 12.2 Å². The van der Waals surface area contributed by atoms with Crippen LogP contribution in [0.2, 0.25) is 5.02 Å². The van der Waals surface area contributed by atoms with E-state index < -0.39 is 0 Å². The van der Waals surface area contributed by atoms with Gasteiger partial charge in [-0.2, -0.15) is 0 Å². The largest absolute Gasteiger partial charge is 0.365 e. The Labute approximate surface area is 144 Å². The average Bonchev–Trinajstić information content (AvgIpc) is 2.53. The van der Waals surface area contributed by atoms with Gasteiger partial charge in [0.15, 0.2) is 0 Å².